The molecule has 12 nitrogen and oxygen atoms in total. The van der Waals surface area contributed by atoms with E-state index in [9.17, 15) is 29.1 Å². The molecule has 4 N–H and O–H groups in total. The van der Waals surface area contributed by atoms with Crippen molar-refractivity contribution in [3.8, 4) is 0 Å². The van der Waals surface area contributed by atoms with Gasteiger partial charge in [0, 0.05) is 40.9 Å². The smallest absolute Gasteiger partial charge is 0.309 e. The number of nitrogens with zero attached hydrogens (tertiary/aromatic N) is 2. The number of aliphatic carboxylic acids is 1. The van der Waals surface area contributed by atoms with Crippen LogP contribution in [0.25, 0.3) is 0 Å². The molecular weight excluding hydrogens is 867 g/mol. The summed E-state index contributed by atoms with van der Waals surface area (Å²) in [4.78, 5) is 68.4. The number of benzene rings is 1. The molecule has 0 bridgehead atoms. The van der Waals surface area contributed by atoms with Crippen molar-refractivity contribution in [1.29, 1.82) is 0 Å². The van der Waals surface area contributed by atoms with Crippen molar-refractivity contribution in [3.63, 3.8) is 0 Å². The van der Waals surface area contributed by atoms with Gasteiger partial charge < -0.3 is 40.0 Å². The average Bonchev–Trinajstić information content (AvgIpc) is 3.62. The second kappa shape index (κ2) is 29.7. The fourth-order valence-corrected chi connectivity index (χ4v) is 11.5. The topological polar surface area (TPSA) is 168 Å². The summed E-state index contributed by atoms with van der Waals surface area (Å²) in [7, 11) is 8.96. The number of carboxylic acids is 1. The van der Waals surface area contributed by atoms with E-state index in [0.29, 0.717) is 44.3 Å². The van der Waals surface area contributed by atoms with Crippen LogP contribution in [0.5, 0.6) is 0 Å². The molecule has 3 amide bonds. The van der Waals surface area contributed by atoms with Crippen molar-refractivity contribution >= 4 is 29.7 Å². The van der Waals surface area contributed by atoms with Crippen molar-refractivity contribution in [2.24, 2.45) is 46.7 Å². The molecule has 1 fully saturated rings. The van der Waals surface area contributed by atoms with Crippen LogP contribution in [0.3, 0.4) is 0 Å². The lowest BCUT2D eigenvalue weighted by atomic mass is 9.74. The summed E-state index contributed by atoms with van der Waals surface area (Å²) in [5, 5.41) is 19.6. The van der Waals surface area contributed by atoms with Gasteiger partial charge in [-0.3, -0.25) is 19.2 Å². The van der Waals surface area contributed by atoms with Crippen LogP contribution < -0.4 is 21.5 Å². The Bertz CT molecular complexity index is 1660. The van der Waals surface area contributed by atoms with Crippen molar-refractivity contribution in [3.05, 3.63) is 35.9 Å². The number of likely N-dealkylation sites (N-methyl/N-ethyl adjacent to an activating group) is 2. The minimum absolute atomic E-state index is 0.00963. The Labute approximate surface area is 420 Å². The summed E-state index contributed by atoms with van der Waals surface area (Å²) >= 11 is 0. The number of hydrogen-bond acceptors (Lipinski definition) is 7. The SMILES string of the molecule is CCCCCCCC[N+](C)(C)CC(C[N+](C)(C)CCCCCCCC)OC(=O)C(C)CC(CC1CC(NC(=O)c2ccccc2)CC1C(CC(CC)C(N)=O)C(=O)[O-])C(=O)NC(C)(C)CC(C)(C)C. The van der Waals surface area contributed by atoms with Crippen LogP contribution in [0.2, 0.25) is 0 Å². The zero-order chi connectivity index (χ0) is 52.0. The van der Waals surface area contributed by atoms with Gasteiger partial charge in [0.15, 0.2) is 6.10 Å². The maximum absolute atomic E-state index is 14.8. The molecule has 1 aliphatic carbocycles. The van der Waals surface area contributed by atoms with Gasteiger partial charge in [0.05, 0.1) is 47.2 Å². The Morgan fingerprint density at radius 3 is 1.75 bits per heavy atom. The quantitative estimate of drug-likeness (QED) is 0.0346. The van der Waals surface area contributed by atoms with Gasteiger partial charge in [0.1, 0.15) is 13.1 Å². The molecule has 7 atom stereocenters. The number of ether oxygens (including phenoxy) is 1. The summed E-state index contributed by atoms with van der Waals surface area (Å²) in [5.74, 6) is -6.52. The van der Waals surface area contributed by atoms with Gasteiger partial charge in [-0.15, -0.1) is 0 Å². The third-order valence-corrected chi connectivity index (χ3v) is 14.7. The minimum Gasteiger partial charge on any atom is -0.550 e. The Morgan fingerprint density at radius 2 is 1.28 bits per heavy atom. The summed E-state index contributed by atoms with van der Waals surface area (Å²) in [6.45, 7) is 21.9. The predicted molar refractivity (Wildman–Crippen MR) is 278 cm³/mol. The van der Waals surface area contributed by atoms with E-state index in [0.717, 1.165) is 34.9 Å². The number of carbonyl (C=O) groups excluding carboxylic acids is 5. The number of carbonyl (C=O) groups is 5. The number of primary amides is 1. The monoisotopic (exact) mass is 969 g/mol. The highest BCUT2D eigenvalue weighted by Gasteiger charge is 2.44. The molecule has 0 saturated heterocycles. The zero-order valence-corrected chi connectivity index (χ0v) is 46.1. The number of hydrogen-bond donors (Lipinski definition) is 3. The maximum atomic E-state index is 14.8. The molecule has 396 valence electrons. The lowest BCUT2D eigenvalue weighted by molar-refractivity contribution is -0.914. The molecule has 12 heteroatoms. The lowest BCUT2D eigenvalue weighted by Gasteiger charge is -2.38. The first-order chi connectivity index (χ1) is 32.2. The first-order valence-electron chi connectivity index (χ1n) is 27.2. The molecule has 69 heavy (non-hydrogen) atoms. The lowest BCUT2D eigenvalue weighted by Crippen LogP contribution is -2.54. The number of quaternary nitrogens is 2. The Morgan fingerprint density at radius 1 is 0.754 bits per heavy atom. The van der Waals surface area contributed by atoms with Crippen molar-refractivity contribution in [1.82, 2.24) is 10.6 Å². The van der Waals surface area contributed by atoms with Crippen LogP contribution in [-0.2, 0) is 23.9 Å². The highest BCUT2D eigenvalue weighted by Crippen LogP contribution is 2.44. The van der Waals surface area contributed by atoms with E-state index in [2.05, 4.69) is 73.4 Å². The van der Waals surface area contributed by atoms with Crippen LogP contribution in [0, 0.1) is 40.9 Å². The van der Waals surface area contributed by atoms with Gasteiger partial charge >= 0.3 is 5.97 Å². The Balaban J connectivity index is 2.52. The molecule has 1 aromatic carbocycles. The molecular formula is C57H102N5O7+. The van der Waals surface area contributed by atoms with Crippen molar-refractivity contribution in [2.75, 3.05) is 54.4 Å². The summed E-state index contributed by atoms with van der Waals surface area (Å²) < 4.78 is 8.09. The van der Waals surface area contributed by atoms with Crippen molar-refractivity contribution < 1.29 is 42.8 Å². The maximum Gasteiger partial charge on any atom is 0.309 e. The fourth-order valence-electron chi connectivity index (χ4n) is 11.5. The van der Waals surface area contributed by atoms with E-state index in [1.54, 1.807) is 24.3 Å². The first kappa shape index (κ1) is 61.6. The molecule has 0 radical (unpaired) electrons. The molecule has 0 heterocycles. The number of esters is 1. The molecule has 1 aliphatic rings. The molecule has 2 rings (SSSR count). The van der Waals surface area contributed by atoms with Gasteiger partial charge in [-0.25, -0.2) is 0 Å². The van der Waals surface area contributed by atoms with Gasteiger partial charge in [0.2, 0.25) is 11.8 Å². The van der Waals surface area contributed by atoms with E-state index in [-0.39, 0.29) is 60.5 Å². The summed E-state index contributed by atoms with van der Waals surface area (Å²) in [6, 6.07) is 8.51. The van der Waals surface area contributed by atoms with Gasteiger partial charge in [-0.2, -0.15) is 0 Å². The molecule has 0 aromatic heterocycles. The van der Waals surface area contributed by atoms with E-state index in [1.165, 1.54) is 64.2 Å². The number of amides is 3. The highest BCUT2D eigenvalue weighted by atomic mass is 16.5. The van der Waals surface area contributed by atoms with E-state index >= 15 is 0 Å². The number of unbranched alkanes of at least 4 members (excludes halogenated alkanes) is 10. The molecule has 0 aliphatic heterocycles. The Kier molecular flexibility index (Phi) is 26.6. The third kappa shape index (κ3) is 24.4. The van der Waals surface area contributed by atoms with Crippen LogP contribution in [0.15, 0.2) is 30.3 Å². The summed E-state index contributed by atoms with van der Waals surface area (Å²) in [6.07, 6.45) is 16.6. The van der Waals surface area contributed by atoms with E-state index in [4.69, 9.17) is 10.5 Å². The molecule has 0 spiro atoms. The Hall–Kier alpha value is -3.51. The van der Waals surface area contributed by atoms with Crippen molar-refractivity contribution in [2.45, 2.75) is 202 Å². The van der Waals surface area contributed by atoms with Crippen LogP contribution >= 0.6 is 0 Å². The standard InChI is InChI=1S/C57H101N5O7/c1-14-17-19-21-23-28-32-61(10,11)39-48(40-62(12,13)33-29-24-22-20-18-15-2)69-55(68)42(4)34-46(53(65)60-57(8,9)41-56(5,6)7)35-45-36-47(59-52(64)44-30-26-25-27-31-44)38-49(45)50(54(66)67)37-43(16-3)51(58)63/h25-27,30-31,42-43,45-50H,14-24,28-29,32-41H2,1-13H3,(H3-2,58,59,60,63,64,65,66,67)/p+1. The first-order valence-corrected chi connectivity index (χ1v) is 27.2. The van der Waals surface area contributed by atoms with Gasteiger partial charge in [0.25, 0.3) is 5.91 Å². The second-order valence-corrected chi connectivity index (χ2v) is 24.6. The summed E-state index contributed by atoms with van der Waals surface area (Å²) in [5.41, 5.74) is 5.60. The number of carboxylic acid groups (broad SMARTS) is 1. The number of nitrogens with two attached hydrogens (primary N) is 1. The van der Waals surface area contributed by atoms with E-state index in [1.807, 2.05) is 33.8 Å². The van der Waals surface area contributed by atoms with Crippen LogP contribution in [-0.4, -0.2) is 111 Å². The number of nitrogens with one attached hydrogen (secondary N) is 2. The van der Waals surface area contributed by atoms with Gasteiger partial charge in [-0.05, 0) is 114 Å². The molecule has 7 unspecified atom stereocenters. The third-order valence-electron chi connectivity index (χ3n) is 14.7. The molecule has 1 saturated carbocycles. The highest BCUT2D eigenvalue weighted by molar-refractivity contribution is 5.94. The van der Waals surface area contributed by atoms with Gasteiger partial charge in [-0.1, -0.05) is 118 Å². The zero-order valence-electron chi connectivity index (χ0n) is 46.1. The van der Waals surface area contributed by atoms with Crippen LogP contribution in [0.4, 0.5) is 0 Å². The predicted octanol–water partition coefficient (Wildman–Crippen LogP) is 9.23. The second-order valence-electron chi connectivity index (χ2n) is 24.6. The minimum atomic E-state index is -1.27. The van der Waals surface area contributed by atoms with E-state index < -0.39 is 47.0 Å². The average molecular weight is 969 g/mol. The molecule has 1 aromatic rings. The largest absolute Gasteiger partial charge is 0.550 e. The normalized spacial score (nSPS) is 18.6. The van der Waals surface area contributed by atoms with Crippen LogP contribution in [0.1, 0.15) is 195 Å². The number of rotatable bonds is 35. The fraction of sp³-hybridized carbons (Fsp3) is 0.807.